The minimum atomic E-state index is -0.878. The zero-order valence-electron chi connectivity index (χ0n) is 23.9. The van der Waals surface area contributed by atoms with Crippen molar-refractivity contribution >= 4 is 40.9 Å². The first-order valence-corrected chi connectivity index (χ1v) is 13.9. The maximum atomic E-state index is 13.7. The lowest BCUT2D eigenvalue weighted by Gasteiger charge is -2.20. The lowest BCUT2D eigenvalue weighted by molar-refractivity contribution is -0.152. The van der Waals surface area contributed by atoms with Crippen LogP contribution >= 0.6 is 0 Å². The number of carbonyl (C=O) groups excluding carboxylic acids is 4. The summed E-state index contributed by atoms with van der Waals surface area (Å²) in [6.45, 7) is 7.49. The number of nitrogens with zero attached hydrogens (tertiary/aromatic N) is 4. The van der Waals surface area contributed by atoms with Crippen LogP contribution in [0.1, 0.15) is 77.8 Å². The Labute approximate surface area is 238 Å². The second-order valence-electron chi connectivity index (χ2n) is 10.1. The van der Waals surface area contributed by atoms with Crippen LogP contribution in [0.4, 0.5) is 16.3 Å². The summed E-state index contributed by atoms with van der Waals surface area (Å²) in [7, 11) is 0. The summed E-state index contributed by atoms with van der Waals surface area (Å²) in [4.78, 5) is 56.1. The third-order valence-electron chi connectivity index (χ3n) is 6.93. The summed E-state index contributed by atoms with van der Waals surface area (Å²) < 4.78 is 11.6. The molecule has 3 amide bonds. The van der Waals surface area contributed by atoms with E-state index in [1.807, 2.05) is 26.8 Å². The molecule has 12 nitrogen and oxygen atoms in total. The monoisotopic (exact) mass is 564 g/mol. The van der Waals surface area contributed by atoms with E-state index in [2.05, 4.69) is 20.7 Å². The van der Waals surface area contributed by atoms with Crippen LogP contribution in [0, 0.1) is 19.8 Å². The van der Waals surface area contributed by atoms with Gasteiger partial charge in [-0.15, -0.1) is 0 Å². The number of carbonyl (C=O) groups is 4. The van der Waals surface area contributed by atoms with Crippen molar-refractivity contribution in [1.82, 2.24) is 24.8 Å². The number of rotatable bonds is 12. The largest absolute Gasteiger partial charge is 0.428 e. The maximum Gasteiger partial charge on any atom is 0.419 e. The molecule has 3 aromatic rings. The molecule has 0 bridgehead atoms. The van der Waals surface area contributed by atoms with Crippen molar-refractivity contribution in [3.63, 3.8) is 0 Å². The number of hydrogen-bond donors (Lipinski definition) is 2. The molecule has 2 N–H and O–H groups in total. The predicted octanol–water partition coefficient (Wildman–Crippen LogP) is 4.52. The van der Waals surface area contributed by atoms with Gasteiger partial charge in [0.2, 0.25) is 6.79 Å². The molecule has 41 heavy (non-hydrogen) atoms. The molecule has 0 radical (unpaired) electrons. The van der Waals surface area contributed by atoms with E-state index in [0.717, 1.165) is 23.3 Å². The highest BCUT2D eigenvalue weighted by Crippen LogP contribution is 2.33. The fraction of sp³-hybridized carbons (Fsp3) is 0.448. The van der Waals surface area contributed by atoms with Gasteiger partial charge in [-0.05, 0) is 62.8 Å². The molecule has 1 aliphatic carbocycles. The van der Waals surface area contributed by atoms with E-state index in [0.29, 0.717) is 53.5 Å². The summed E-state index contributed by atoms with van der Waals surface area (Å²) in [5.41, 5.74) is 3.44. The van der Waals surface area contributed by atoms with Crippen LogP contribution in [-0.2, 0) is 14.3 Å². The van der Waals surface area contributed by atoms with Gasteiger partial charge < -0.3 is 20.1 Å². The molecule has 1 saturated carbocycles. The zero-order valence-corrected chi connectivity index (χ0v) is 23.9. The van der Waals surface area contributed by atoms with Crippen molar-refractivity contribution in [1.29, 1.82) is 0 Å². The summed E-state index contributed by atoms with van der Waals surface area (Å²) in [6.07, 6.45) is 5.64. The van der Waals surface area contributed by atoms with E-state index >= 15 is 0 Å². The van der Waals surface area contributed by atoms with Crippen molar-refractivity contribution in [2.24, 2.45) is 5.92 Å². The van der Waals surface area contributed by atoms with Gasteiger partial charge in [0.25, 0.3) is 11.8 Å². The molecular formula is C29H36N6O6. The molecule has 0 saturated heterocycles. The average Bonchev–Trinajstić information content (AvgIpc) is 3.71. The molecule has 1 aromatic carbocycles. The Morgan fingerprint density at radius 2 is 1.90 bits per heavy atom. The Balaban J connectivity index is 1.59. The van der Waals surface area contributed by atoms with Gasteiger partial charge in [-0.3, -0.25) is 14.4 Å². The number of amides is 3. The lowest BCUT2D eigenvalue weighted by atomic mass is 10.1. The normalized spacial score (nSPS) is 12.6. The number of aromatic nitrogens is 3. The summed E-state index contributed by atoms with van der Waals surface area (Å²) in [5.74, 6) is -0.305. The van der Waals surface area contributed by atoms with E-state index < -0.39 is 24.8 Å². The SMILES string of the molecule is CCCC(=O)OCOC(=O)N(CCC1CC1)C(=O)c1cn2ncnc(Nc3cc(C(=O)NCC)ccc3C)c2c1C. The fourth-order valence-electron chi connectivity index (χ4n) is 4.39. The highest BCUT2D eigenvalue weighted by atomic mass is 16.7. The maximum absolute atomic E-state index is 13.7. The number of benzene rings is 1. The van der Waals surface area contributed by atoms with Crippen LogP contribution in [-0.4, -0.2) is 63.3 Å². The molecule has 1 aliphatic rings. The van der Waals surface area contributed by atoms with Crippen molar-refractivity contribution < 1.29 is 28.7 Å². The van der Waals surface area contributed by atoms with Gasteiger partial charge in [0.1, 0.15) is 11.8 Å². The topological polar surface area (TPSA) is 144 Å². The van der Waals surface area contributed by atoms with E-state index in [1.165, 1.54) is 10.8 Å². The molecule has 218 valence electrons. The molecule has 0 unspecified atom stereocenters. The first kappa shape index (κ1) is 29.5. The van der Waals surface area contributed by atoms with Crippen LogP contribution in [0.25, 0.3) is 5.52 Å². The van der Waals surface area contributed by atoms with Crippen molar-refractivity contribution in [2.75, 3.05) is 25.2 Å². The Morgan fingerprint density at radius 1 is 1.12 bits per heavy atom. The molecule has 2 aromatic heterocycles. The number of aryl methyl sites for hydroxylation is 2. The van der Waals surface area contributed by atoms with Crippen LogP contribution in [0.3, 0.4) is 0 Å². The standard InChI is InChI=1S/C29H36N6O6/c1-5-7-24(36)40-17-41-29(39)34(13-12-20-9-10-20)28(38)22-15-35-25(19(22)4)26(31-16-32-35)33-23-14-21(11-8-18(23)3)27(37)30-6-2/h8,11,14-16,20H,5-7,9-10,12-13,17H2,1-4H3,(H,30,37)(H,31,32,33). The molecule has 0 spiro atoms. The van der Waals surface area contributed by atoms with Gasteiger partial charge >= 0.3 is 12.1 Å². The second-order valence-corrected chi connectivity index (χ2v) is 10.1. The van der Waals surface area contributed by atoms with Crippen molar-refractivity contribution in [2.45, 2.75) is 59.8 Å². The quantitative estimate of drug-likeness (QED) is 0.240. The number of nitrogens with one attached hydrogen (secondary N) is 2. The minimum absolute atomic E-state index is 0.180. The molecule has 2 heterocycles. The Morgan fingerprint density at radius 3 is 2.61 bits per heavy atom. The molecule has 12 heteroatoms. The minimum Gasteiger partial charge on any atom is -0.428 e. The van der Waals surface area contributed by atoms with Gasteiger partial charge in [-0.1, -0.05) is 25.8 Å². The summed E-state index contributed by atoms with van der Waals surface area (Å²) in [5, 5.41) is 10.3. The number of ether oxygens (including phenoxy) is 2. The number of imide groups is 1. The van der Waals surface area contributed by atoms with E-state index in [1.54, 1.807) is 25.3 Å². The smallest absolute Gasteiger partial charge is 0.419 e. The van der Waals surface area contributed by atoms with Crippen molar-refractivity contribution in [3.05, 3.63) is 53.0 Å². The molecule has 0 atom stereocenters. The Hall–Kier alpha value is -4.48. The highest BCUT2D eigenvalue weighted by molar-refractivity contribution is 6.05. The van der Waals surface area contributed by atoms with Gasteiger partial charge in [-0.25, -0.2) is 19.2 Å². The van der Waals surface area contributed by atoms with Crippen LogP contribution in [0.15, 0.2) is 30.7 Å². The Bertz CT molecular complexity index is 1450. The predicted molar refractivity (Wildman–Crippen MR) is 151 cm³/mol. The summed E-state index contributed by atoms with van der Waals surface area (Å²) in [6, 6.07) is 5.33. The summed E-state index contributed by atoms with van der Waals surface area (Å²) >= 11 is 0. The van der Waals surface area contributed by atoms with Crippen LogP contribution in [0.2, 0.25) is 0 Å². The first-order chi connectivity index (χ1) is 19.7. The molecule has 4 rings (SSSR count). The van der Waals surface area contributed by atoms with Crippen LogP contribution in [0.5, 0.6) is 0 Å². The zero-order chi connectivity index (χ0) is 29.5. The Kier molecular flexibility index (Phi) is 9.53. The third kappa shape index (κ3) is 7.19. The lowest BCUT2D eigenvalue weighted by Crippen LogP contribution is -2.39. The number of hydrogen-bond acceptors (Lipinski definition) is 9. The fourth-order valence-corrected chi connectivity index (χ4v) is 4.39. The van der Waals surface area contributed by atoms with E-state index in [-0.39, 0.29) is 24.4 Å². The van der Waals surface area contributed by atoms with E-state index in [9.17, 15) is 19.2 Å². The van der Waals surface area contributed by atoms with Gasteiger partial charge in [-0.2, -0.15) is 5.10 Å². The number of anilines is 2. The van der Waals surface area contributed by atoms with Gasteiger partial charge in [0, 0.05) is 37.0 Å². The highest BCUT2D eigenvalue weighted by Gasteiger charge is 2.31. The van der Waals surface area contributed by atoms with Crippen molar-refractivity contribution in [3.8, 4) is 0 Å². The van der Waals surface area contributed by atoms with Gasteiger partial charge in [0.05, 0.1) is 5.56 Å². The molecule has 1 fully saturated rings. The number of esters is 1. The molecular weight excluding hydrogens is 528 g/mol. The number of fused-ring (bicyclic) bond motifs is 1. The van der Waals surface area contributed by atoms with Crippen LogP contribution < -0.4 is 10.6 Å². The third-order valence-corrected chi connectivity index (χ3v) is 6.93. The molecule has 0 aliphatic heterocycles. The average molecular weight is 565 g/mol. The second kappa shape index (κ2) is 13.2. The van der Waals surface area contributed by atoms with Gasteiger partial charge in [0.15, 0.2) is 5.82 Å². The first-order valence-electron chi connectivity index (χ1n) is 13.9. The van der Waals surface area contributed by atoms with E-state index in [4.69, 9.17) is 9.47 Å².